The molecule has 0 atom stereocenters. The van der Waals surface area contributed by atoms with Gasteiger partial charge in [0.2, 0.25) is 12.7 Å². The summed E-state index contributed by atoms with van der Waals surface area (Å²) in [5.41, 5.74) is 0.843. The highest BCUT2D eigenvalue weighted by atomic mass is 32.1. The van der Waals surface area contributed by atoms with Crippen molar-refractivity contribution in [1.29, 1.82) is 0 Å². The van der Waals surface area contributed by atoms with Crippen LogP contribution in [0.1, 0.15) is 20.8 Å². The number of benzene rings is 1. The van der Waals surface area contributed by atoms with Crippen LogP contribution >= 0.6 is 11.3 Å². The van der Waals surface area contributed by atoms with E-state index in [9.17, 15) is 4.79 Å². The van der Waals surface area contributed by atoms with Crippen molar-refractivity contribution in [3.8, 4) is 11.5 Å². The standard InChI is InChI=1S/C16H21N3O3S/c1-4-18(5-2)6-7-19(11(3)20)16-17-12-8-13-14(22-10-21-13)9-15(12)23-16/h8-9H,4-7,10H2,1-3H3/p+1. The van der Waals surface area contributed by atoms with Crippen LogP contribution in [0.2, 0.25) is 0 Å². The molecular formula is C16H22N3O3S+. The molecule has 2 heterocycles. The summed E-state index contributed by atoms with van der Waals surface area (Å²) in [7, 11) is 0. The minimum atomic E-state index is 0.0238. The Morgan fingerprint density at radius 1 is 1.30 bits per heavy atom. The normalized spacial score (nSPS) is 13.0. The molecular weight excluding hydrogens is 314 g/mol. The Bertz CT molecular complexity index is 671. The average Bonchev–Trinajstić information content (AvgIpc) is 3.14. The Morgan fingerprint density at radius 3 is 2.65 bits per heavy atom. The molecule has 2 aromatic rings. The summed E-state index contributed by atoms with van der Waals surface area (Å²) in [4.78, 5) is 19.9. The molecule has 1 N–H and O–H groups in total. The number of quaternary nitrogens is 1. The molecule has 0 aliphatic carbocycles. The Kier molecular flexibility index (Phi) is 4.68. The van der Waals surface area contributed by atoms with Gasteiger partial charge in [0, 0.05) is 19.1 Å². The maximum atomic E-state index is 12.0. The van der Waals surface area contributed by atoms with Crippen LogP contribution in [0.5, 0.6) is 11.5 Å². The van der Waals surface area contributed by atoms with Gasteiger partial charge in [0.25, 0.3) is 0 Å². The monoisotopic (exact) mass is 336 g/mol. The van der Waals surface area contributed by atoms with E-state index in [-0.39, 0.29) is 12.7 Å². The van der Waals surface area contributed by atoms with E-state index < -0.39 is 0 Å². The van der Waals surface area contributed by atoms with Gasteiger partial charge in [-0.15, -0.1) is 0 Å². The molecule has 23 heavy (non-hydrogen) atoms. The highest BCUT2D eigenvalue weighted by Crippen LogP contribution is 2.39. The summed E-state index contributed by atoms with van der Waals surface area (Å²) < 4.78 is 11.8. The maximum Gasteiger partial charge on any atom is 0.231 e. The fourth-order valence-electron chi connectivity index (χ4n) is 2.68. The third kappa shape index (κ3) is 3.25. The molecule has 124 valence electrons. The van der Waals surface area contributed by atoms with Crippen LogP contribution in [-0.2, 0) is 4.79 Å². The molecule has 0 fully saturated rings. The lowest BCUT2D eigenvalue weighted by molar-refractivity contribution is -0.894. The number of nitrogens with zero attached hydrogens (tertiary/aromatic N) is 2. The predicted octanol–water partition coefficient (Wildman–Crippen LogP) is 1.30. The molecule has 0 radical (unpaired) electrons. The number of likely N-dealkylation sites (N-methyl/N-ethyl adjacent to an activating group) is 1. The van der Waals surface area contributed by atoms with Crippen LogP contribution in [0.4, 0.5) is 5.13 Å². The molecule has 1 aromatic carbocycles. The summed E-state index contributed by atoms with van der Waals surface area (Å²) in [6, 6.07) is 3.82. The number of aromatic nitrogens is 1. The largest absolute Gasteiger partial charge is 0.454 e. The van der Waals surface area contributed by atoms with E-state index in [1.807, 2.05) is 12.1 Å². The number of hydrogen-bond acceptors (Lipinski definition) is 5. The van der Waals surface area contributed by atoms with Crippen LogP contribution in [0, 0.1) is 0 Å². The summed E-state index contributed by atoms with van der Waals surface area (Å²) in [6.45, 7) is 9.89. The third-order valence-corrected chi connectivity index (χ3v) is 5.21. The van der Waals surface area contributed by atoms with Crippen molar-refractivity contribution >= 4 is 32.6 Å². The number of anilines is 1. The molecule has 1 aliphatic heterocycles. The van der Waals surface area contributed by atoms with E-state index in [1.165, 1.54) is 16.2 Å². The van der Waals surface area contributed by atoms with Crippen molar-refractivity contribution in [3.63, 3.8) is 0 Å². The average molecular weight is 336 g/mol. The summed E-state index contributed by atoms with van der Waals surface area (Å²) in [5.74, 6) is 1.49. The minimum absolute atomic E-state index is 0.0238. The first kappa shape index (κ1) is 16.0. The predicted molar refractivity (Wildman–Crippen MR) is 90.7 cm³/mol. The van der Waals surface area contributed by atoms with Gasteiger partial charge in [-0.2, -0.15) is 0 Å². The first-order valence-electron chi connectivity index (χ1n) is 7.94. The molecule has 0 spiro atoms. The van der Waals surface area contributed by atoms with Gasteiger partial charge in [-0.1, -0.05) is 11.3 Å². The van der Waals surface area contributed by atoms with Gasteiger partial charge in [0.05, 0.1) is 36.4 Å². The van der Waals surface area contributed by atoms with Gasteiger partial charge in [-0.25, -0.2) is 4.98 Å². The van der Waals surface area contributed by atoms with Gasteiger partial charge < -0.3 is 14.4 Å². The van der Waals surface area contributed by atoms with E-state index in [0.717, 1.165) is 46.5 Å². The van der Waals surface area contributed by atoms with Gasteiger partial charge in [0.1, 0.15) is 0 Å². The van der Waals surface area contributed by atoms with Crippen molar-refractivity contribution in [2.45, 2.75) is 20.8 Å². The van der Waals surface area contributed by atoms with Crippen LogP contribution in [0.25, 0.3) is 10.2 Å². The molecule has 7 heteroatoms. The molecule has 0 bridgehead atoms. The number of ether oxygens (including phenoxy) is 2. The SMILES string of the molecule is CC[NH+](CC)CCN(C(C)=O)c1nc2cc3c(cc2s1)OCO3. The number of thiazole rings is 1. The Balaban J connectivity index is 1.85. The quantitative estimate of drug-likeness (QED) is 0.864. The lowest BCUT2D eigenvalue weighted by Crippen LogP contribution is -3.12. The van der Waals surface area contributed by atoms with E-state index in [0.29, 0.717) is 6.54 Å². The zero-order valence-electron chi connectivity index (χ0n) is 13.7. The number of nitrogens with one attached hydrogen (secondary N) is 1. The summed E-state index contributed by atoms with van der Waals surface area (Å²) in [5, 5.41) is 0.739. The zero-order valence-corrected chi connectivity index (χ0v) is 14.5. The number of fused-ring (bicyclic) bond motifs is 2. The second-order valence-corrected chi connectivity index (χ2v) is 6.56. The molecule has 1 aliphatic rings. The van der Waals surface area contributed by atoms with Crippen molar-refractivity contribution in [2.24, 2.45) is 0 Å². The van der Waals surface area contributed by atoms with Crippen molar-refractivity contribution in [2.75, 3.05) is 37.9 Å². The fourth-order valence-corrected chi connectivity index (χ4v) is 3.73. The Labute approximate surface area is 139 Å². The van der Waals surface area contributed by atoms with E-state index in [4.69, 9.17) is 9.47 Å². The summed E-state index contributed by atoms with van der Waals surface area (Å²) in [6.07, 6.45) is 0. The highest BCUT2D eigenvalue weighted by Gasteiger charge is 2.21. The molecule has 1 amide bonds. The fraction of sp³-hybridized carbons (Fsp3) is 0.500. The molecule has 6 nitrogen and oxygen atoms in total. The lowest BCUT2D eigenvalue weighted by Gasteiger charge is -2.21. The van der Waals surface area contributed by atoms with Crippen LogP contribution < -0.4 is 19.3 Å². The second-order valence-electron chi connectivity index (χ2n) is 5.55. The molecule has 0 saturated heterocycles. The van der Waals surface area contributed by atoms with Gasteiger partial charge >= 0.3 is 0 Å². The van der Waals surface area contributed by atoms with Gasteiger partial charge in [0.15, 0.2) is 16.6 Å². The molecule has 3 rings (SSSR count). The van der Waals surface area contributed by atoms with Crippen LogP contribution in [0.3, 0.4) is 0 Å². The number of carbonyl (C=O) groups excluding carboxylic acids is 1. The topological polar surface area (TPSA) is 56.1 Å². The first-order valence-corrected chi connectivity index (χ1v) is 8.75. The zero-order chi connectivity index (χ0) is 16.4. The second kappa shape index (κ2) is 6.72. The highest BCUT2D eigenvalue weighted by molar-refractivity contribution is 7.22. The van der Waals surface area contributed by atoms with Crippen LogP contribution in [-0.4, -0.2) is 43.9 Å². The smallest absolute Gasteiger partial charge is 0.231 e. The Hall–Kier alpha value is -1.86. The lowest BCUT2D eigenvalue weighted by atomic mass is 10.3. The van der Waals surface area contributed by atoms with Crippen molar-refractivity contribution in [1.82, 2.24) is 4.98 Å². The summed E-state index contributed by atoms with van der Waals surface area (Å²) >= 11 is 1.52. The number of carbonyl (C=O) groups is 1. The molecule has 0 saturated carbocycles. The number of amides is 1. The van der Waals surface area contributed by atoms with E-state index >= 15 is 0 Å². The molecule has 0 unspecified atom stereocenters. The first-order chi connectivity index (χ1) is 11.1. The number of hydrogen-bond donors (Lipinski definition) is 1. The third-order valence-electron chi connectivity index (χ3n) is 4.17. The maximum absolute atomic E-state index is 12.0. The van der Waals surface area contributed by atoms with Crippen molar-refractivity contribution in [3.05, 3.63) is 12.1 Å². The van der Waals surface area contributed by atoms with E-state index in [1.54, 1.807) is 11.8 Å². The van der Waals surface area contributed by atoms with Gasteiger partial charge in [-0.05, 0) is 13.8 Å². The number of rotatable bonds is 6. The molecule has 1 aromatic heterocycles. The Morgan fingerprint density at radius 2 is 2.00 bits per heavy atom. The van der Waals surface area contributed by atoms with Crippen molar-refractivity contribution < 1.29 is 19.2 Å². The van der Waals surface area contributed by atoms with Gasteiger partial charge in [-0.3, -0.25) is 9.69 Å². The van der Waals surface area contributed by atoms with Crippen LogP contribution in [0.15, 0.2) is 12.1 Å². The van der Waals surface area contributed by atoms with E-state index in [2.05, 4.69) is 18.8 Å². The minimum Gasteiger partial charge on any atom is -0.454 e.